The van der Waals surface area contributed by atoms with E-state index in [4.69, 9.17) is 0 Å². The molecular formula is C11H19ClN2O. The van der Waals surface area contributed by atoms with Crippen LogP contribution in [0.4, 0.5) is 0 Å². The van der Waals surface area contributed by atoms with Crippen LogP contribution in [-0.4, -0.2) is 36.0 Å². The van der Waals surface area contributed by atoms with Crippen molar-refractivity contribution in [3.05, 3.63) is 0 Å². The molecule has 2 atom stereocenters. The van der Waals surface area contributed by atoms with Gasteiger partial charge in [0.2, 0.25) is 5.91 Å². The third-order valence-electron chi connectivity index (χ3n) is 3.85. The number of carbonyl (C=O) groups is 1. The smallest absolute Gasteiger partial charge is 0.222 e. The van der Waals surface area contributed by atoms with Gasteiger partial charge in [0.15, 0.2) is 0 Å². The van der Waals surface area contributed by atoms with Gasteiger partial charge in [-0.05, 0) is 38.1 Å². The lowest BCUT2D eigenvalue weighted by molar-refractivity contribution is -0.137. The number of nitrogens with one attached hydrogen (secondary N) is 1. The fourth-order valence-electron chi connectivity index (χ4n) is 2.84. The normalized spacial score (nSPS) is 34.9. The summed E-state index contributed by atoms with van der Waals surface area (Å²) >= 11 is 0. The minimum absolute atomic E-state index is 0. The molecule has 0 aromatic heterocycles. The minimum Gasteiger partial charge on any atom is -0.338 e. The van der Waals surface area contributed by atoms with Gasteiger partial charge in [-0.2, -0.15) is 0 Å². The highest BCUT2D eigenvalue weighted by Crippen LogP contribution is 2.33. The first-order valence-corrected chi connectivity index (χ1v) is 5.87. The van der Waals surface area contributed by atoms with Gasteiger partial charge in [0.05, 0.1) is 0 Å². The topological polar surface area (TPSA) is 32.3 Å². The molecule has 1 saturated carbocycles. The molecule has 0 bridgehead atoms. The predicted molar refractivity (Wildman–Crippen MR) is 61.1 cm³/mol. The average molecular weight is 231 g/mol. The van der Waals surface area contributed by atoms with E-state index in [-0.39, 0.29) is 12.4 Å². The summed E-state index contributed by atoms with van der Waals surface area (Å²) in [6.07, 6.45) is 5.68. The van der Waals surface area contributed by atoms with Crippen molar-refractivity contribution in [3.63, 3.8) is 0 Å². The van der Waals surface area contributed by atoms with Crippen LogP contribution in [0.3, 0.4) is 0 Å². The molecule has 2 aliphatic heterocycles. The zero-order valence-electron chi connectivity index (χ0n) is 8.95. The lowest BCUT2D eigenvalue weighted by atomic mass is 9.96. The Labute approximate surface area is 97.0 Å². The minimum atomic E-state index is 0. The zero-order chi connectivity index (χ0) is 9.54. The van der Waals surface area contributed by atoms with Gasteiger partial charge in [-0.15, -0.1) is 12.4 Å². The molecule has 4 heteroatoms. The van der Waals surface area contributed by atoms with Crippen LogP contribution in [0.25, 0.3) is 0 Å². The molecule has 3 nitrogen and oxygen atoms in total. The molecule has 0 aromatic rings. The monoisotopic (exact) mass is 230 g/mol. The summed E-state index contributed by atoms with van der Waals surface area (Å²) in [6, 6.07) is 1.13. The van der Waals surface area contributed by atoms with Gasteiger partial charge in [0.25, 0.3) is 0 Å². The number of hydrogen-bond acceptors (Lipinski definition) is 2. The average Bonchev–Trinajstić information content (AvgIpc) is 2.86. The van der Waals surface area contributed by atoms with Crippen LogP contribution >= 0.6 is 12.4 Å². The Kier molecular flexibility index (Phi) is 3.21. The van der Waals surface area contributed by atoms with E-state index >= 15 is 0 Å². The first kappa shape index (κ1) is 11.2. The molecule has 2 saturated heterocycles. The maximum absolute atomic E-state index is 11.8. The molecule has 15 heavy (non-hydrogen) atoms. The van der Waals surface area contributed by atoms with E-state index in [1.165, 1.54) is 19.3 Å². The van der Waals surface area contributed by atoms with Crippen LogP contribution in [0.1, 0.15) is 32.1 Å². The van der Waals surface area contributed by atoms with Gasteiger partial charge in [-0.25, -0.2) is 0 Å². The number of hydrogen-bond donors (Lipinski definition) is 1. The van der Waals surface area contributed by atoms with Crippen LogP contribution in [0.2, 0.25) is 0 Å². The molecule has 0 radical (unpaired) electrons. The molecule has 3 fully saturated rings. The molecule has 86 valence electrons. The molecular weight excluding hydrogens is 212 g/mol. The Balaban J connectivity index is 0.000000853. The Morgan fingerprint density at radius 1 is 1.27 bits per heavy atom. The van der Waals surface area contributed by atoms with Gasteiger partial charge in [-0.3, -0.25) is 4.79 Å². The third-order valence-corrected chi connectivity index (χ3v) is 3.85. The first-order chi connectivity index (χ1) is 6.84. The number of carbonyl (C=O) groups excluding carboxylic acids is 1. The summed E-state index contributed by atoms with van der Waals surface area (Å²) in [5.41, 5.74) is 0. The van der Waals surface area contributed by atoms with Crippen molar-refractivity contribution in [1.82, 2.24) is 10.2 Å². The number of piperidine rings is 1. The van der Waals surface area contributed by atoms with Crippen LogP contribution in [-0.2, 0) is 4.79 Å². The van der Waals surface area contributed by atoms with Crippen molar-refractivity contribution in [3.8, 4) is 0 Å². The Morgan fingerprint density at radius 2 is 2.07 bits per heavy atom. The maximum atomic E-state index is 11.8. The second kappa shape index (κ2) is 4.30. The largest absolute Gasteiger partial charge is 0.338 e. The van der Waals surface area contributed by atoms with E-state index in [0.29, 0.717) is 18.0 Å². The fourth-order valence-corrected chi connectivity index (χ4v) is 2.84. The van der Waals surface area contributed by atoms with Gasteiger partial charge < -0.3 is 10.2 Å². The van der Waals surface area contributed by atoms with Crippen LogP contribution < -0.4 is 5.32 Å². The molecule has 1 N–H and O–H groups in total. The number of rotatable bonds is 2. The third kappa shape index (κ3) is 2.13. The van der Waals surface area contributed by atoms with Gasteiger partial charge in [0, 0.05) is 25.0 Å². The molecule has 0 spiro atoms. The summed E-state index contributed by atoms with van der Waals surface area (Å²) in [6.45, 7) is 2.14. The van der Waals surface area contributed by atoms with E-state index < -0.39 is 0 Å². The first-order valence-electron chi connectivity index (χ1n) is 5.87. The van der Waals surface area contributed by atoms with Crippen molar-refractivity contribution in [1.29, 1.82) is 0 Å². The highest BCUT2D eigenvalue weighted by Gasteiger charge is 2.40. The number of amides is 1. The van der Waals surface area contributed by atoms with Crippen molar-refractivity contribution in [2.45, 2.75) is 44.2 Å². The standard InChI is InChI=1S/C11H18N2O.ClH/c14-11-4-3-9-10(5-6-12-9)13(11)7-8-1-2-8;/h8-10,12H,1-7H2;1H/t9-,10-;/m0./s1. The molecule has 3 rings (SSSR count). The molecule has 3 aliphatic rings. The number of nitrogens with zero attached hydrogens (tertiary/aromatic N) is 1. The van der Waals surface area contributed by atoms with Crippen LogP contribution in [0.5, 0.6) is 0 Å². The van der Waals surface area contributed by atoms with Crippen molar-refractivity contribution >= 4 is 18.3 Å². The summed E-state index contributed by atoms with van der Waals surface area (Å²) in [5.74, 6) is 1.24. The highest BCUT2D eigenvalue weighted by molar-refractivity contribution is 5.85. The molecule has 0 aromatic carbocycles. The van der Waals surface area contributed by atoms with Gasteiger partial charge >= 0.3 is 0 Å². The van der Waals surface area contributed by atoms with Gasteiger partial charge in [-0.1, -0.05) is 0 Å². The zero-order valence-corrected chi connectivity index (χ0v) is 9.76. The summed E-state index contributed by atoms with van der Waals surface area (Å²) in [4.78, 5) is 14.0. The van der Waals surface area contributed by atoms with E-state index in [9.17, 15) is 4.79 Å². The Bertz CT molecular complexity index is 255. The quantitative estimate of drug-likeness (QED) is 0.773. The lowest BCUT2D eigenvalue weighted by Crippen LogP contribution is -2.51. The van der Waals surface area contributed by atoms with E-state index in [1.54, 1.807) is 0 Å². The molecule has 0 unspecified atom stereocenters. The van der Waals surface area contributed by atoms with Crippen LogP contribution in [0, 0.1) is 5.92 Å². The van der Waals surface area contributed by atoms with Crippen molar-refractivity contribution < 1.29 is 4.79 Å². The van der Waals surface area contributed by atoms with Gasteiger partial charge in [0.1, 0.15) is 0 Å². The van der Waals surface area contributed by atoms with Crippen molar-refractivity contribution in [2.24, 2.45) is 5.92 Å². The van der Waals surface area contributed by atoms with E-state index in [0.717, 1.165) is 31.8 Å². The second-order valence-corrected chi connectivity index (χ2v) is 4.94. The fraction of sp³-hybridized carbons (Fsp3) is 0.909. The number of halogens is 1. The summed E-state index contributed by atoms with van der Waals surface area (Å²) in [7, 11) is 0. The number of fused-ring (bicyclic) bond motifs is 1. The van der Waals surface area contributed by atoms with E-state index in [2.05, 4.69) is 10.2 Å². The van der Waals surface area contributed by atoms with Crippen LogP contribution in [0.15, 0.2) is 0 Å². The van der Waals surface area contributed by atoms with E-state index in [1.807, 2.05) is 0 Å². The molecule has 1 amide bonds. The maximum Gasteiger partial charge on any atom is 0.222 e. The SMILES string of the molecule is Cl.O=C1CC[C@@H]2NCC[C@@H]2N1CC1CC1. The molecule has 1 aliphatic carbocycles. The predicted octanol–water partition coefficient (Wildman–Crippen LogP) is 1.17. The summed E-state index contributed by atoms with van der Waals surface area (Å²) in [5, 5.41) is 3.51. The number of likely N-dealkylation sites (tertiary alicyclic amines) is 1. The lowest BCUT2D eigenvalue weighted by Gasteiger charge is -2.37. The highest BCUT2D eigenvalue weighted by atomic mass is 35.5. The van der Waals surface area contributed by atoms with Crippen molar-refractivity contribution in [2.75, 3.05) is 13.1 Å². The Hall–Kier alpha value is -0.280. The molecule has 2 heterocycles. The summed E-state index contributed by atoms with van der Waals surface area (Å²) < 4.78 is 0. The Morgan fingerprint density at radius 3 is 2.80 bits per heavy atom. The second-order valence-electron chi connectivity index (χ2n) is 4.94.